The van der Waals surface area contributed by atoms with E-state index in [9.17, 15) is 0 Å². The largest absolute Gasteiger partial charge is 0.377 e. The summed E-state index contributed by atoms with van der Waals surface area (Å²) in [6, 6.07) is 0. The molecule has 1 heterocycles. The molecule has 0 aromatic heterocycles. The predicted molar refractivity (Wildman–Crippen MR) is 36.1 cm³/mol. The standard InChI is InChI=1S/C4H8O2.2ClH/c1-2-6-4-3-5-1;;/h1-4H2;2*1H. The lowest BCUT2D eigenvalue weighted by molar-refractivity contribution is -0.0334. The van der Waals surface area contributed by atoms with Crippen LogP contribution in [0.25, 0.3) is 0 Å². The Kier molecular flexibility index (Phi) is 10.6. The number of rotatable bonds is 0. The molecule has 52 valence electrons. The van der Waals surface area contributed by atoms with Gasteiger partial charge in [-0.15, -0.1) is 24.8 Å². The highest BCUT2D eigenvalue weighted by Crippen LogP contribution is 1.85. The molecule has 1 aliphatic rings. The average Bonchev–Trinajstić information content (AvgIpc) is 1.72. The molecule has 1 aliphatic heterocycles. The van der Waals surface area contributed by atoms with Crippen LogP contribution in [0.5, 0.6) is 0 Å². The normalized spacial score (nSPS) is 18.0. The van der Waals surface area contributed by atoms with E-state index < -0.39 is 0 Å². The maximum atomic E-state index is 4.94. The first kappa shape index (κ1) is 11.3. The molecule has 1 rings (SSSR count). The third-order valence-electron chi connectivity index (χ3n) is 0.744. The number of hydrogen-bond donors (Lipinski definition) is 0. The zero-order chi connectivity index (χ0) is 4.24. The van der Waals surface area contributed by atoms with Crippen LogP contribution in [0.2, 0.25) is 0 Å². The summed E-state index contributed by atoms with van der Waals surface area (Å²) < 4.78 is 9.89. The summed E-state index contributed by atoms with van der Waals surface area (Å²) in [7, 11) is 0. The molecule has 0 aromatic rings. The molecule has 1 saturated heterocycles. The van der Waals surface area contributed by atoms with Crippen LogP contribution in [0.15, 0.2) is 0 Å². The van der Waals surface area contributed by atoms with Crippen molar-refractivity contribution in [3.63, 3.8) is 0 Å². The summed E-state index contributed by atoms with van der Waals surface area (Å²) >= 11 is 0. The van der Waals surface area contributed by atoms with Gasteiger partial charge in [0.25, 0.3) is 0 Å². The second-order valence-electron chi connectivity index (χ2n) is 1.22. The van der Waals surface area contributed by atoms with Gasteiger partial charge < -0.3 is 9.47 Å². The van der Waals surface area contributed by atoms with Crippen molar-refractivity contribution in [2.45, 2.75) is 0 Å². The van der Waals surface area contributed by atoms with Gasteiger partial charge in [-0.25, -0.2) is 0 Å². The van der Waals surface area contributed by atoms with Gasteiger partial charge in [-0.3, -0.25) is 0 Å². The van der Waals surface area contributed by atoms with Gasteiger partial charge in [-0.05, 0) is 0 Å². The Morgan fingerprint density at radius 1 is 0.625 bits per heavy atom. The highest BCUT2D eigenvalue weighted by Gasteiger charge is 1.94. The minimum absolute atomic E-state index is 0. The zero-order valence-corrected chi connectivity index (χ0v) is 6.09. The molecule has 0 saturated carbocycles. The second-order valence-corrected chi connectivity index (χ2v) is 1.22. The van der Waals surface area contributed by atoms with E-state index in [2.05, 4.69) is 0 Å². The summed E-state index contributed by atoms with van der Waals surface area (Å²) in [6.45, 7) is 3.11. The summed E-state index contributed by atoms with van der Waals surface area (Å²) in [5.74, 6) is 0. The number of ether oxygens (including phenoxy) is 2. The van der Waals surface area contributed by atoms with Crippen molar-refractivity contribution in [1.82, 2.24) is 0 Å². The molecule has 4 heteroatoms. The Morgan fingerprint density at radius 3 is 1.00 bits per heavy atom. The quantitative estimate of drug-likeness (QED) is 0.524. The third kappa shape index (κ3) is 4.65. The Labute approximate surface area is 61.4 Å². The SMILES string of the molecule is C1COCCO1.Cl.Cl. The lowest BCUT2D eigenvalue weighted by Crippen LogP contribution is -2.16. The van der Waals surface area contributed by atoms with E-state index in [0.717, 1.165) is 26.4 Å². The topological polar surface area (TPSA) is 18.5 Å². The first-order valence-corrected chi connectivity index (χ1v) is 2.15. The van der Waals surface area contributed by atoms with Crippen molar-refractivity contribution in [3.8, 4) is 0 Å². The van der Waals surface area contributed by atoms with Crippen molar-refractivity contribution in [3.05, 3.63) is 0 Å². The Bertz CT molecular complexity index is 27.5. The lowest BCUT2D eigenvalue weighted by atomic mass is 10.6. The number of hydrogen-bond acceptors (Lipinski definition) is 2. The first-order chi connectivity index (χ1) is 3.00. The van der Waals surface area contributed by atoms with E-state index >= 15 is 0 Å². The minimum atomic E-state index is 0. The molecule has 0 N–H and O–H groups in total. The monoisotopic (exact) mass is 160 g/mol. The van der Waals surface area contributed by atoms with E-state index in [1.807, 2.05) is 0 Å². The van der Waals surface area contributed by atoms with E-state index in [1.165, 1.54) is 0 Å². The molecule has 0 aliphatic carbocycles. The zero-order valence-electron chi connectivity index (χ0n) is 4.46. The van der Waals surface area contributed by atoms with E-state index in [-0.39, 0.29) is 24.8 Å². The molecule has 0 radical (unpaired) electrons. The average molecular weight is 161 g/mol. The fourth-order valence-electron chi connectivity index (χ4n) is 0.440. The van der Waals surface area contributed by atoms with Crippen molar-refractivity contribution < 1.29 is 9.47 Å². The molecule has 1 fully saturated rings. The maximum absolute atomic E-state index is 4.94. The van der Waals surface area contributed by atoms with Crippen molar-refractivity contribution >= 4 is 24.8 Å². The summed E-state index contributed by atoms with van der Waals surface area (Å²) in [4.78, 5) is 0. The van der Waals surface area contributed by atoms with Gasteiger partial charge in [0, 0.05) is 0 Å². The molecular weight excluding hydrogens is 151 g/mol. The van der Waals surface area contributed by atoms with Crippen LogP contribution in [0.3, 0.4) is 0 Å². The molecule has 0 amide bonds. The van der Waals surface area contributed by atoms with Crippen LogP contribution in [-0.4, -0.2) is 26.4 Å². The molecule has 0 aromatic carbocycles. The van der Waals surface area contributed by atoms with Crippen molar-refractivity contribution in [2.75, 3.05) is 26.4 Å². The van der Waals surface area contributed by atoms with Crippen molar-refractivity contribution in [2.24, 2.45) is 0 Å². The Hall–Kier alpha value is 0.500. The second kappa shape index (κ2) is 7.50. The number of halogens is 2. The van der Waals surface area contributed by atoms with Gasteiger partial charge in [0.05, 0.1) is 26.4 Å². The fourth-order valence-corrected chi connectivity index (χ4v) is 0.440. The van der Waals surface area contributed by atoms with Crippen LogP contribution < -0.4 is 0 Å². The molecule has 0 bridgehead atoms. The first-order valence-electron chi connectivity index (χ1n) is 2.15. The highest BCUT2D eigenvalue weighted by molar-refractivity contribution is 5.85. The van der Waals surface area contributed by atoms with Crippen LogP contribution in [0, 0.1) is 0 Å². The van der Waals surface area contributed by atoms with Crippen LogP contribution in [0.4, 0.5) is 0 Å². The summed E-state index contributed by atoms with van der Waals surface area (Å²) in [5.41, 5.74) is 0. The van der Waals surface area contributed by atoms with Gasteiger partial charge in [-0.2, -0.15) is 0 Å². The van der Waals surface area contributed by atoms with E-state index in [4.69, 9.17) is 9.47 Å². The molecule has 0 atom stereocenters. The van der Waals surface area contributed by atoms with Gasteiger partial charge >= 0.3 is 0 Å². The van der Waals surface area contributed by atoms with Crippen LogP contribution in [-0.2, 0) is 9.47 Å². The van der Waals surface area contributed by atoms with Crippen molar-refractivity contribution in [1.29, 1.82) is 0 Å². The smallest absolute Gasteiger partial charge is 0.0701 e. The predicted octanol–water partition coefficient (Wildman–Crippen LogP) is 0.877. The third-order valence-corrected chi connectivity index (χ3v) is 0.744. The Balaban J connectivity index is 0. The molecule has 8 heavy (non-hydrogen) atoms. The highest BCUT2D eigenvalue weighted by atomic mass is 35.5. The molecule has 0 spiro atoms. The summed E-state index contributed by atoms with van der Waals surface area (Å²) in [6.07, 6.45) is 0. The maximum Gasteiger partial charge on any atom is 0.0701 e. The molecule has 2 nitrogen and oxygen atoms in total. The van der Waals surface area contributed by atoms with Gasteiger partial charge in [-0.1, -0.05) is 0 Å². The van der Waals surface area contributed by atoms with Crippen LogP contribution in [0.1, 0.15) is 0 Å². The lowest BCUT2D eigenvalue weighted by Gasteiger charge is -2.09. The Morgan fingerprint density at radius 2 is 0.875 bits per heavy atom. The molecular formula is C4H10Cl2O2. The minimum Gasteiger partial charge on any atom is -0.377 e. The van der Waals surface area contributed by atoms with Gasteiger partial charge in [0.1, 0.15) is 0 Å². The van der Waals surface area contributed by atoms with Gasteiger partial charge in [0.2, 0.25) is 0 Å². The molecule has 0 unspecified atom stereocenters. The fraction of sp³-hybridized carbons (Fsp3) is 1.00. The van der Waals surface area contributed by atoms with E-state index in [0.29, 0.717) is 0 Å². The van der Waals surface area contributed by atoms with E-state index in [1.54, 1.807) is 0 Å². The summed E-state index contributed by atoms with van der Waals surface area (Å²) in [5, 5.41) is 0. The van der Waals surface area contributed by atoms with Gasteiger partial charge in [0.15, 0.2) is 0 Å². The van der Waals surface area contributed by atoms with Crippen LogP contribution >= 0.6 is 24.8 Å².